The van der Waals surface area contributed by atoms with Gasteiger partial charge in [-0.25, -0.2) is 0 Å². The molecule has 0 fully saturated rings. The summed E-state index contributed by atoms with van der Waals surface area (Å²) in [6.07, 6.45) is -5.65. The van der Waals surface area contributed by atoms with Crippen LogP contribution in [0.2, 0.25) is 0 Å². The molecular formula is C26H27F3N2O4. The summed E-state index contributed by atoms with van der Waals surface area (Å²) in [4.78, 5) is 27.8. The number of benzene rings is 2. The van der Waals surface area contributed by atoms with Gasteiger partial charge in [-0.15, -0.1) is 0 Å². The van der Waals surface area contributed by atoms with Crippen LogP contribution in [-0.4, -0.2) is 38.7 Å². The van der Waals surface area contributed by atoms with Crippen LogP contribution in [-0.2, 0) is 17.5 Å². The molecule has 35 heavy (non-hydrogen) atoms. The predicted octanol–water partition coefficient (Wildman–Crippen LogP) is 4.51. The van der Waals surface area contributed by atoms with Gasteiger partial charge in [-0.3, -0.25) is 9.59 Å². The molecule has 2 heterocycles. The zero-order valence-corrected chi connectivity index (χ0v) is 19.9. The van der Waals surface area contributed by atoms with Gasteiger partial charge in [0, 0.05) is 18.9 Å². The number of aliphatic hydroxyl groups excluding tert-OH is 1. The van der Waals surface area contributed by atoms with Crippen LogP contribution in [0.3, 0.4) is 0 Å². The van der Waals surface area contributed by atoms with Crippen LogP contribution in [0.15, 0.2) is 53.3 Å². The number of carbonyl (C=O) groups is 1. The number of aliphatic hydroxyl groups is 1. The van der Waals surface area contributed by atoms with E-state index in [1.807, 2.05) is 0 Å². The van der Waals surface area contributed by atoms with Crippen molar-refractivity contribution in [2.24, 2.45) is 0 Å². The Morgan fingerprint density at radius 2 is 1.77 bits per heavy atom. The van der Waals surface area contributed by atoms with Crippen LogP contribution in [0.1, 0.15) is 50.4 Å². The van der Waals surface area contributed by atoms with Gasteiger partial charge in [0.05, 0.1) is 29.2 Å². The fourth-order valence-corrected chi connectivity index (χ4v) is 4.71. The van der Waals surface area contributed by atoms with Crippen molar-refractivity contribution in [3.8, 4) is 5.75 Å². The van der Waals surface area contributed by atoms with Gasteiger partial charge in [-0.1, -0.05) is 24.3 Å². The SMILES string of the molecule is CCN(C(C)=O)[C@H]1c2c(c3ccccc3n(Cc3ccc(C(F)(F)F)cc3)c2=O)OC(C)(C)[C@@H]1O. The van der Waals surface area contributed by atoms with Crippen LogP contribution in [0, 0.1) is 0 Å². The Kier molecular flexibility index (Phi) is 6.17. The number of carbonyl (C=O) groups excluding carboxylic acids is 1. The van der Waals surface area contributed by atoms with Crippen molar-refractivity contribution in [2.75, 3.05) is 6.54 Å². The highest BCUT2D eigenvalue weighted by molar-refractivity contribution is 5.88. The average molecular weight is 489 g/mol. The Balaban J connectivity index is 1.96. The van der Waals surface area contributed by atoms with Gasteiger partial charge in [0.2, 0.25) is 5.91 Å². The van der Waals surface area contributed by atoms with Crippen molar-refractivity contribution in [2.45, 2.75) is 58.2 Å². The van der Waals surface area contributed by atoms with E-state index in [-0.39, 0.29) is 24.6 Å². The van der Waals surface area contributed by atoms with Crippen molar-refractivity contribution < 1.29 is 27.8 Å². The van der Waals surface area contributed by atoms with Crippen molar-refractivity contribution in [3.63, 3.8) is 0 Å². The summed E-state index contributed by atoms with van der Waals surface area (Å²) < 4.78 is 46.6. The molecule has 1 aromatic heterocycles. The number of halogens is 3. The molecule has 1 aliphatic rings. The molecule has 0 saturated carbocycles. The summed E-state index contributed by atoms with van der Waals surface area (Å²) in [7, 11) is 0. The number of aromatic nitrogens is 1. The normalized spacial score (nSPS) is 19.2. The second-order valence-electron chi connectivity index (χ2n) is 9.25. The highest BCUT2D eigenvalue weighted by atomic mass is 19.4. The lowest BCUT2D eigenvalue weighted by atomic mass is 9.85. The first-order valence-corrected chi connectivity index (χ1v) is 11.3. The molecular weight excluding hydrogens is 461 g/mol. The van der Waals surface area contributed by atoms with Crippen molar-refractivity contribution in [1.29, 1.82) is 0 Å². The van der Waals surface area contributed by atoms with E-state index in [2.05, 4.69) is 0 Å². The van der Waals surface area contributed by atoms with Crippen molar-refractivity contribution in [1.82, 2.24) is 9.47 Å². The molecule has 1 amide bonds. The van der Waals surface area contributed by atoms with E-state index in [0.717, 1.165) is 12.1 Å². The molecule has 2 atom stereocenters. The van der Waals surface area contributed by atoms with Crippen LogP contribution in [0.25, 0.3) is 10.9 Å². The second kappa shape index (κ2) is 8.71. The van der Waals surface area contributed by atoms with E-state index < -0.39 is 35.0 Å². The maximum Gasteiger partial charge on any atom is 0.416 e. The van der Waals surface area contributed by atoms with Crippen LogP contribution in [0.5, 0.6) is 5.75 Å². The second-order valence-corrected chi connectivity index (χ2v) is 9.25. The van der Waals surface area contributed by atoms with Gasteiger partial charge in [0.25, 0.3) is 5.56 Å². The first kappa shape index (κ1) is 24.8. The Morgan fingerprint density at radius 1 is 1.14 bits per heavy atom. The van der Waals surface area contributed by atoms with Crippen LogP contribution >= 0.6 is 0 Å². The summed E-state index contributed by atoms with van der Waals surface area (Å²) in [5, 5.41) is 11.8. The third kappa shape index (κ3) is 4.29. The summed E-state index contributed by atoms with van der Waals surface area (Å²) in [5.74, 6) is -0.00341. The minimum atomic E-state index is -4.46. The summed E-state index contributed by atoms with van der Waals surface area (Å²) >= 11 is 0. The number of hydrogen-bond donors (Lipinski definition) is 1. The summed E-state index contributed by atoms with van der Waals surface area (Å²) in [5.41, 5.74) is -1.15. The minimum Gasteiger partial charge on any atom is -0.484 e. The number of likely N-dealkylation sites (N-methyl/N-ethyl adjacent to an activating group) is 1. The molecule has 1 N–H and O–H groups in total. The van der Waals surface area contributed by atoms with Gasteiger partial charge >= 0.3 is 6.18 Å². The zero-order chi connectivity index (χ0) is 25.7. The molecule has 2 aromatic carbocycles. The van der Waals surface area contributed by atoms with E-state index in [0.29, 0.717) is 22.2 Å². The molecule has 186 valence electrons. The molecule has 3 aromatic rings. The number of nitrogens with zero attached hydrogens (tertiary/aromatic N) is 2. The number of ether oxygens (including phenoxy) is 1. The lowest BCUT2D eigenvalue weighted by molar-refractivity contribution is -0.142. The number of rotatable bonds is 4. The molecule has 0 aliphatic carbocycles. The maximum absolute atomic E-state index is 13.9. The quantitative estimate of drug-likeness (QED) is 0.587. The number of hydrogen-bond acceptors (Lipinski definition) is 4. The fraction of sp³-hybridized carbons (Fsp3) is 0.385. The molecule has 4 rings (SSSR count). The van der Waals surface area contributed by atoms with Gasteiger partial charge in [0.1, 0.15) is 17.5 Å². The van der Waals surface area contributed by atoms with Crippen molar-refractivity contribution in [3.05, 3.63) is 75.6 Å². The van der Waals surface area contributed by atoms with E-state index in [1.54, 1.807) is 45.0 Å². The third-order valence-electron chi connectivity index (χ3n) is 6.53. The lowest BCUT2D eigenvalue weighted by Gasteiger charge is -2.46. The first-order chi connectivity index (χ1) is 16.4. The summed E-state index contributed by atoms with van der Waals surface area (Å²) in [6.45, 7) is 6.80. The molecule has 9 heteroatoms. The van der Waals surface area contributed by atoms with Crippen molar-refractivity contribution >= 4 is 16.8 Å². The minimum absolute atomic E-state index is 0.00314. The first-order valence-electron chi connectivity index (χ1n) is 11.3. The van der Waals surface area contributed by atoms with Gasteiger partial charge < -0.3 is 19.3 Å². The summed E-state index contributed by atoms with van der Waals surface area (Å²) in [6, 6.07) is 10.7. The smallest absolute Gasteiger partial charge is 0.416 e. The Hall–Kier alpha value is -3.33. The Labute approximate surface area is 200 Å². The lowest BCUT2D eigenvalue weighted by Crippen LogP contribution is -2.56. The molecule has 6 nitrogen and oxygen atoms in total. The molecule has 0 saturated heterocycles. The standard InChI is InChI=1S/C26H27F3N2O4/c1-5-30(15(2)32)21-20-22(35-25(3,4)23(21)33)18-8-6-7-9-19(18)31(24(20)34)14-16-10-12-17(13-11-16)26(27,28)29/h6-13,21,23,33H,5,14H2,1-4H3/t21-,23+/m0/s1. The fourth-order valence-electron chi connectivity index (χ4n) is 4.71. The highest BCUT2D eigenvalue weighted by Gasteiger charge is 2.48. The molecule has 0 unspecified atom stereocenters. The largest absolute Gasteiger partial charge is 0.484 e. The molecule has 0 radical (unpaired) electrons. The van der Waals surface area contributed by atoms with E-state index >= 15 is 0 Å². The molecule has 1 aliphatic heterocycles. The van der Waals surface area contributed by atoms with Gasteiger partial charge in [0.15, 0.2) is 0 Å². The van der Waals surface area contributed by atoms with Gasteiger partial charge in [-0.05, 0) is 50.6 Å². The van der Waals surface area contributed by atoms with E-state index in [4.69, 9.17) is 4.74 Å². The van der Waals surface area contributed by atoms with Crippen LogP contribution in [0.4, 0.5) is 13.2 Å². The monoisotopic (exact) mass is 488 g/mol. The topological polar surface area (TPSA) is 71.8 Å². The highest BCUT2D eigenvalue weighted by Crippen LogP contribution is 2.44. The number of amides is 1. The van der Waals surface area contributed by atoms with Gasteiger partial charge in [-0.2, -0.15) is 13.2 Å². The molecule has 0 spiro atoms. The third-order valence-corrected chi connectivity index (χ3v) is 6.53. The number of para-hydroxylation sites is 1. The number of fused-ring (bicyclic) bond motifs is 3. The Bertz CT molecular complexity index is 1330. The average Bonchev–Trinajstić information content (AvgIpc) is 2.79. The molecule has 0 bridgehead atoms. The Morgan fingerprint density at radius 3 is 2.34 bits per heavy atom. The predicted molar refractivity (Wildman–Crippen MR) is 125 cm³/mol. The van der Waals surface area contributed by atoms with Crippen LogP contribution < -0.4 is 10.3 Å². The number of pyridine rings is 1. The maximum atomic E-state index is 13.9. The van der Waals surface area contributed by atoms with E-state index in [1.165, 1.54) is 28.5 Å². The number of alkyl halides is 3. The zero-order valence-electron chi connectivity index (χ0n) is 19.9. The van der Waals surface area contributed by atoms with E-state index in [9.17, 15) is 27.9 Å².